The fourth-order valence-electron chi connectivity index (χ4n) is 2.09. The molecule has 130 valence electrons. The zero-order valence-corrected chi connectivity index (χ0v) is 17.2. The Hall–Kier alpha value is -0.206. The molecule has 0 radical (unpaired) electrons. The van der Waals surface area contributed by atoms with Crippen LogP contribution in [0.4, 0.5) is 0 Å². The highest BCUT2D eigenvalue weighted by Gasteiger charge is 2.39. The van der Waals surface area contributed by atoms with Crippen LogP contribution in [0.15, 0.2) is 24.6 Å². The van der Waals surface area contributed by atoms with Crippen LogP contribution < -0.4 is 0 Å². The molecule has 0 heterocycles. The SMILES string of the molecule is C=C[Si](C)(OCCCCC)O[Si](C)(C=C)OCCCCCC. The highest BCUT2D eigenvalue weighted by molar-refractivity contribution is 6.84. The van der Waals surface area contributed by atoms with Gasteiger partial charge in [0.1, 0.15) is 0 Å². The molecule has 0 aliphatic heterocycles. The summed E-state index contributed by atoms with van der Waals surface area (Å²) in [4.78, 5) is 0. The van der Waals surface area contributed by atoms with Gasteiger partial charge in [0.2, 0.25) is 0 Å². The zero-order chi connectivity index (χ0) is 16.9. The third-order valence-electron chi connectivity index (χ3n) is 3.67. The van der Waals surface area contributed by atoms with E-state index in [0.29, 0.717) is 0 Å². The largest absolute Gasteiger partial charge is 0.409 e. The number of hydrogen-bond donors (Lipinski definition) is 0. The summed E-state index contributed by atoms with van der Waals surface area (Å²) >= 11 is 0. The van der Waals surface area contributed by atoms with Crippen LogP contribution in [-0.4, -0.2) is 30.3 Å². The Kier molecular flexibility index (Phi) is 12.1. The standard InChI is InChI=1S/C17H36O3Si2/c1-7-11-13-15-17-19-22(6,10-4)20-21(5,9-3)18-16-14-12-8-2/h9-10H,3-4,7-8,11-17H2,1-2,5-6H3. The average Bonchev–Trinajstić information content (AvgIpc) is 2.51. The summed E-state index contributed by atoms with van der Waals surface area (Å²) in [5.41, 5.74) is 3.71. The van der Waals surface area contributed by atoms with Gasteiger partial charge in [-0.3, -0.25) is 0 Å². The van der Waals surface area contributed by atoms with Crippen molar-refractivity contribution >= 4 is 17.1 Å². The molecule has 0 spiro atoms. The minimum absolute atomic E-state index is 0.737. The van der Waals surface area contributed by atoms with E-state index in [1.165, 1.54) is 32.1 Å². The van der Waals surface area contributed by atoms with Gasteiger partial charge < -0.3 is 13.0 Å². The van der Waals surface area contributed by atoms with Gasteiger partial charge in [-0.05, 0) is 25.9 Å². The molecule has 0 bridgehead atoms. The van der Waals surface area contributed by atoms with Crippen LogP contribution >= 0.6 is 0 Å². The molecule has 0 aliphatic rings. The number of rotatable bonds is 15. The van der Waals surface area contributed by atoms with Crippen molar-refractivity contribution in [2.24, 2.45) is 0 Å². The monoisotopic (exact) mass is 344 g/mol. The molecule has 3 nitrogen and oxygen atoms in total. The van der Waals surface area contributed by atoms with Gasteiger partial charge in [-0.2, -0.15) is 0 Å². The topological polar surface area (TPSA) is 27.7 Å². The Morgan fingerprint density at radius 1 is 0.727 bits per heavy atom. The minimum atomic E-state index is -2.38. The fraction of sp³-hybridized carbons (Fsp3) is 0.765. The van der Waals surface area contributed by atoms with Gasteiger partial charge in [0.05, 0.1) is 0 Å². The molecule has 0 aliphatic carbocycles. The smallest absolute Gasteiger partial charge is 0.352 e. The summed E-state index contributed by atoms with van der Waals surface area (Å²) in [6, 6.07) is 0. The maximum Gasteiger partial charge on any atom is 0.352 e. The Balaban J connectivity index is 4.37. The molecular formula is C17H36O3Si2. The van der Waals surface area contributed by atoms with Gasteiger partial charge in [0.25, 0.3) is 0 Å². The van der Waals surface area contributed by atoms with E-state index < -0.39 is 17.1 Å². The van der Waals surface area contributed by atoms with Crippen LogP contribution in [0.3, 0.4) is 0 Å². The van der Waals surface area contributed by atoms with Crippen LogP contribution in [0, 0.1) is 0 Å². The van der Waals surface area contributed by atoms with Crippen molar-refractivity contribution in [2.45, 2.75) is 71.9 Å². The molecule has 0 rings (SSSR count). The predicted octanol–water partition coefficient (Wildman–Crippen LogP) is 5.40. The molecule has 0 N–H and O–H groups in total. The van der Waals surface area contributed by atoms with E-state index in [-0.39, 0.29) is 0 Å². The minimum Gasteiger partial charge on any atom is -0.409 e. The van der Waals surface area contributed by atoms with Crippen molar-refractivity contribution in [1.82, 2.24) is 0 Å². The Morgan fingerprint density at radius 2 is 1.14 bits per heavy atom. The van der Waals surface area contributed by atoms with Crippen LogP contribution in [0.25, 0.3) is 0 Å². The molecule has 0 aromatic rings. The van der Waals surface area contributed by atoms with Gasteiger partial charge in [0.15, 0.2) is 0 Å². The Morgan fingerprint density at radius 3 is 1.55 bits per heavy atom. The van der Waals surface area contributed by atoms with E-state index >= 15 is 0 Å². The number of unbranched alkanes of at least 4 members (excludes halogenated alkanes) is 5. The van der Waals surface area contributed by atoms with Crippen molar-refractivity contribution in [3.8, 4) is 0 Å². The summed E-state index contributed by atoms with van der Waals surface area (Å²) in [6.07, 6.45) is 8.23. The molecule has 5 heteroatoms. The van der Waals surface area contributed by atoms with E-state index in [2.05, 4.69) is 27.0 Å². The fourth-order valence-corrected chi connectivity index (χ4v) is 7.79. The van der Waals surface area contributed by atoms with Crippen molar-refractivity contribution < 1.29 is 13.0 Å². The molecular weight excluding hydrogens is 308 g/mol. The lowest BCUT2D eigenvalue weighted by Crippen LogP contribution is -2.50. The van der Waals surface area contributed by atoms with Crippen LogP contribution in [0.1, 0.15) is 58.8 Å². The lowest BCUT2D eigenvalue weighted by Gasteiger charge is -2.33. The van der Waals surface area contributed by atoms with Gasteiger partial charge in [0, 0.05) is 13.2 Å². The van der Waals surface area contributed by atoms with Crippen molar-refractivity contribution in [1.29, 1.82) is 0 Å². The first-order valence-electron chi connectivity index (χ1n) is 8.70. The maximum absolute atomic E-state index is 6.31. The Bertz CT molecular complexity index is 312. The summed E-state index contributed by atoms with van der Waals surface area (Å²) in [5, 5.41) is 0. The molecule has 0 saturated heterocycles. The molecule has 0 aromatic heterocycles. The second kappa shape index (κ2) is 12.2. The zero-order valence-electron chi connectivity index (χ0n) is 15.2. The molecule has 2 atom stereocenters. The summed E-state index contributed by atoms with van der Waals surface area (Å²) < 4.78 is 18.4. The van der Waals surface area contributed by atoms with Crippen LogP contribution in [-0.2, 0) is 13.0 Å². The second-order valence-corrected chi connectivity index (χ2v) is 12.3. The predicted molar refractivity (Wildman–Crippen MR) is 100 cm³/mol. The highest BCUT2D eigenvalue weighted by atomic mass is 28.5. The molecule has 0 amide bonds. The quantitative estimate of drug-likeness (QED) is 0.294. The van der Waals surface area contributed by atoms with Crippen molar-refractivity contribution in [3.63, 3.8) is 0 Å². The lowest BCUT2D eigenvalue weighted by atomic mass is 10.2. The molecule has 0 fully saturated rings. The van der Waals surface area contributed by atoms with Gasteiger partial charge >= 0.3 is 17.1 Å². The first-order chi connectivity index (χ1) is 10.4. The Labute approximate surface area is 140 Å². The summed E-state index contributed by atoms with van der Waals surface area (Å²) in [5.74, 6) is 0. The number of hydrogen-bond acceptors (Lipinski definition) is 3. The van der Waals surface area contributed by atoms with Gasteiger partial charge in [-0.25, -0.2) is 0 Å². The molecule has 0 saturated carbocycles. The average molecular weight is 345 g/mol. The first-order valence-corrected chi connectivity index (χ1v) is 13.5. The summed E-state index contributed by atoms with van der Waals surface area (Å²) in [7, 11) is -4.75. The van der Waals surface area contributed by atoms with E-state index in [0.717, 1.165) is 26.1 Å². The third kappa shape index (κ3) is 9.74. The highest BCUT2D eigenvalue weighted by Crippen LogP contribution is 2.20. The normalized spacial score (nSPS) is 16.7. The van der Waals surface area contributed by atoms with Crippen LogP contribution in [0.5, 0.6) is 0 Å². The van der Waals surface area contributed by atoms with Gasteiger partial charge in [-0.1, -0.05) is 57.4 Å². The van der Waals surface area contributed by atoms with Crippen molar-refractivity contribution in [3.05, 3.63) is 24.6 Å². The van der Waals surface area contributed by atoms with E-state index in [1.54, 1.807) is 0 Å². The third-order valence-corrected chi connectivity index (χ3v) is 9.95. The van der Waals surface area contributed by atoms with E-state index in [4.69, 9.17) is 13.0 Å². The van der Waals surface area contributed by atoms with Crippen molar-refractivity contribution in [2.75, 3.05) is 13.2 Å². The summed E-state index contributed by atoms with van der Waals surface area (Å²) in [6.45, 7) is 17.8. The second-order valence-electron chi connectivity index (χ2n) is 6.01. The van der Waals surface area contributed by atoms with Crippen LogP contribution in [0.2, 0.25) is 13.1 Å². The molecule has 2 unspecified atom stereocenters. The molecule has 0 aromatic carbocycles. The van der Waals surface area contributed by atoms with E-state index in [1.807, 2.05) is 24.5 Å². The lowest BCUT2D eigenvalue weighted by molar-refractivity contribution is 0.197. The maximum atomic E-state index is 6.31. The van der Waals surface area contributed by atoms with Gasteiger partial charge in [-0.15, -0.1) is 13.2 Å². The molecule has 22 heavy (non-hydrogen) atoms. The van der Waals surface area contributed by atoms with E-state index in [9.17, 15) is 0 Å². The first kappa shape index (κ1) is 21.8.